The second-order valence-electron chi connectivity index (χ2n) is 4.49. The second-order valence-corrected chi connectivity index (χ2v) is 4.49. The number of hydrogen-bond acceptors (Lipinski definition) is 2. The maximum Gasteiger partial charge on any atom is 0.416 e. The van der Waals surface area contributed by atoms with Gasteiger partial charge in [-0.15, -0.1) is 6.42 Å². The molecule has 0 aliphatic carbocycles. The summed E-state index contributed by atoms with van der Waals surface area (Å²) in [7, 11) is 0. The first-order valence-corrected chi connectivity index (χ1v) is 6.54. The molecule has 0 heterocycles. The number of benzene rings is 1. The van der Waals surface area contributed by atoms with Crippen LogP contribution in [0.1, 0.15) is 18.9 Å². The lowest BCUT2D eigenvalue weighted by atomic mass is 10.2. The summed E-state index contributed by atoms with van der Waals surface area (Å²) in [6.45, 7) is 4.76. The van der Waals surface area contributed by atoms with Crippen molar-refractivity contribution in [1.29, 1.82) is 0 Å². The molecule has 0 fully saturated rings. The number of rotatable bonds is 7. The van der Waals surface area contributed by atoms with E-state index in [1.54, 1.807) is 6.07 Å². The summed E-state index contributed by atoms with van der Waals surface area (Å²) in [5, 5.41) is 2.99. The molecule has 5 heteroatoms. The third kappa shape index (κ3) is 5.54. The Labute approximate surface area is 118 Å². The Morgan fingerprint density at radius 2 is 2.05 bits per heavy atom. The molecule has 0 aliphatic rings. The van der Waals surface area contributed by atoms with Crippen LogP contribution in [0.25, 0.3) is 0 Å². The number of alkyl halides is 3. The van der Waals surface area contributed by atoms with E-state index in [4.69, 9.17) is 6.42 Å². The third-order valence-electron chi connectivity index (χ3n) is 2.80. The quantitative estimate of drug-likeness (QED) is 0.771. The van der Waals surface area contributed by atoms with E-state index in [0.717, 1.165) is 25.1 Å². The molecule has 1 aromatic rings. The van der Waals surface area contributed by atoms with Crippen LogP contribution in [0.15, 0.2) is 24.3 Å². The smallest absolute Gasteiger partial charge is 0.384 e. The number of anilines is 1. The number of nitrogens with zero attached hydrogens (tertiary/aromatic N) is 1. The number of terminal acetylenes is 1. The molecule has 1 rings (SSSR count). The predicted molar refractivity (Wildman–Crippen MR) is 75.5 cm³/mol. The highest BCUT2D eigenvalue weighted by Crippen LogP contribution is 2.30. The van der Waals surface area contributed by atoms with Gasteiger partial charge in [0.2, 0.25) is 0 Å². The monoisotopic (exact) mass is 284 g/mol. The standard InChI is InChI=1S/C15H19F3N2/c1-3-9-20(10-4-2)11-8-19-14-7-5-6-13(12-14)15(16,17)18/h1,5-7,12,19H,4,8-11H2,2H3. The van der Waals surface area contributed by atoms with Crippen molar-refractivity contribution in [3.8, 4) is 12.3 Å². The number of hydrogen-bond donors (Lipinski definition) is 1. The van der Waals surface area contributed by atoms with Crippen molar-refractivity contribution < 1.29 is 13.2 Å². The van der Waals surface area contributed by atoms with Crippen LogP contribution < -0.4 is 5.32 Å². The lowest BCUT2D eigenvalue weighted by molar-refractivity contribution is -0.137. The summed E-state index contributed by atoms with van der Waals surface area (Å²) in [5.41, 5.74) is -0.173. The molecule has 0 bridgehead atoms. The van der Waals surface area contributed by atoms with E-state index in [1.165, 1.54) is 6.07 Å². The molecule has 110 valence electrons. The maximum absolute atomic E-state index is 12.6. The number of nitrogens with one attached hydrogen (secondary N) is 1. The zero-order chi connectivity index (χ0) is 15.0. The van der Waals surface area contributed by atoms with E-state index in [2.05, 4.69) is 23.1 Å². The Kier molecular flexibility index (Phi) is 6.40. The van der Waals surface area contributed by atoms with Gasteiger partial charge in [0.25, 0.3) is 0 Å². The van der Waals surface area contributed by atoms with E-state index >= 15 is 0 Å². The molecule has 0 amide bonds. The van der Waals surface area contributed by atoms with Gasteiger partial charge in [0.15, 0.2) is 0 Å². The number of halogens is 3. The minimum Gasteiger partial charge on any atom is -0.384 e. The van der Waals surface area contributed by atoms with Gasteiger partial charge in [-0.1, -0.05) is 18.9 Å². The average Bonchev–Trinajstić information content (AvgIpc) is 2.38. The van der Waals surface area contributed by atoms with Crippen molar-refractivity contribution in [1.82, 2.24) is 4.90 Å². The zero-order valence-electron chi connectivity index (χ0n) is 11.5. The maximum atomic E-state index is 12.6. The summed E-state index contributed by atoms with van der Waals surface area (Å²) < 4.78 is 37.7. The van der Waals surface area contributed by atoms with E-state index in [1.807, 2.05) is 0 Å². The van der Waals surface area contributed by atoms with Gasteiger partial charge >= 0.3 is 6.18 Å². The molecule has 0 aliphatic heterocycles. The predicted octanol–water partition coefficient (Wildman–Crippen LogP) is 3.46. The highest BCUT2D eigenvalue weighted by atomic mass is 19.4. The van der Waals surface area contributed by atoms with Crippen LogP contribution in [0.2, 0.25) is 0 Å². The lowest BCUT2D eigenvalue weighted by Crippen LogP contribution is -2.30. The molecular formula is C15H19F3N2. The average molecular weight is 284 g/mol. The van der Waals surface area contributed by atoms with Crippen molar-refractivity contribution in [2.45, 2.75) is 19.5 Å². The van der Waals surface area contributed by atoms with Crippen molar-refractivity contribution in [2.75, 3.05) is 31.5 Å². The minimum absolute atomic E-state index is 0.469. The molecule has 0 unspecified atom stereocenters. The van der Waals surface area contributed by atoms with Gasteiger partial charge < -0.3 is 5.32 Å². The molecule has 0 aromatic heterocycles. The molecule has 1 N–H and O–H groups in total. The highest BCUT2D eigenvalue weighted by molar-refractivity contribution is 5.46. The Morgan fingerprint density at radius 1 is 1.30 bits per heavy atom. The van der Waals surface area contributed by atoms with Crippen LogP contribution in [-0.2, 0) is 6.18 Å². The molecule has 0 saturated carbocycles. The molecule has 2 nitrogen and oxygen atoms in total. The van der Waals surface area contributed by atoms with Gasteiger partial charge in [-0.2, -0.15) is 13.2 Å². The largest absolute Gasteiger partial charge is 0.416 e. The second kappa shape index (κ2) is 7.81. The first-order valence-electron chi connectivity index (χ1n) is 6.54. The summed E-state index contributed by atoms with van der Waals surface area (Å²) in [5.74, 6) is 2.58. The van der Waals surface area contributed by atoms with Crippen LogP contribution in [0, 0.1) is 12.3 Å². The van der Waals surface area contributed by atoms with Gasteiger partial charge in [0, 0.05) is 18.8 Å². The van der Waals surface area contributed by atoms with Crippen LogP contribution in [-0.4, -0.2) is 31.1 Å². The van der Waals surface area contributed by atoms with Crippen LogP contribution in [0.4, 0.5) is 18.9 Å². The van der Waals surface area contributed by atoms with E-state index in [9.17, 15) is 13.2 Å². The van der Waals surface area contributed by atoms with Gasteiger partial charge in [0.05, 0.1) is 12.1 Å². The normalized spacial score (nSPS) is 11.4. The van der Waals surface area contributed by atoms with Crippen molar-refractivity contribution in [2.24, 2.45) is 0 Å². The Balaban J connectivity index is 2.51. The van der Waals surface area contributed by atoms with Crippen LogP contribution in [0.5, 0.6) is 0 Å². The molecule has 0 radical (unpaired) electrons. The van der Waals surface area contributed by atoms with E-state index < -0.39 is 11.7 Å². The molecule has 0 saturated heterocycles. The molecule has 0 atom stereocenters. The van der Waals surface area contributed by atoms with E-state index in [0.29, 0.717) is 25.3 Å². The Bertz CT molecular complexity index is 449. The van der Waals surface area contributed by atoms with Crippen LogP contribution in [0.3, 0.4) is 0 Å². The van der Waals surface area contributed by atoms with Crippen molar-refractivity contribution >= 4 is 5.69 Å². The summed E-state index contributed by atoms with van der Waals surface area (Å²) in [4.78, 5) is 2.08. The van der Waals surface area contributed by atoms with Crippen LogP contribution >= 0.6 is 0 Å². The van der Waals surface area contributed by atoms with Crippen molar-refractivity contribution in [3.05, 3.63) is 29.8 Å². The third-order valence-corrected chi connectivity index (χ3v) is 2.80. The van der Waals surface area contributed by atoms with Gasteiger partial charge in [-0.3, -0.25) is 4.90 Å². The molecule has 1 aromatic carbocycles. The fraction of sp³-hybridized carbons (Fsp3) is 0.467. The summed E-state index contributed by atoms with van der Waals surface area (Å²) in [6, 6.07) is 5.20. The van der Waals surface area contributed by atoms with E-state index in [-0.39, 0.29) is 0 Å². The van der Waals surface area contributed by atoms with Gasteiger partial charge in [-0.25, -0.2) is 0 Å². The Hall–Kier alpha value is -1.67. The topological polar surface area (TPSA) is 15.3 Å². The summed E-state index contributed by atoms with van der Waals surface area (Å²) in [6.07, 6.45) is 1.95. The molecular weight excluding hydrogens is 265 g/mol. The Morgan fingerprint density at radius 3 is 2.65 bits per heavy atom. The first-order chi connectivity index (χ1) is 9.47. The zero-order valence-corrected chi connectivity index (χ0v) is 11.5. The minimum atomic E-state index is -4.31. The van der Waals surface area contributed by atoms with Gasteiger partial charge in [-0.05, 0) is 31.2 Å². The lowest BCUT2D eigenvalue weighted by Gasteiger charge is -2.19. The van der Waals surface area contributed by atoms with Crippen molar-refractivity contribution in [3.63, 3.8) is 0 Å². The highest BCUT2D eigenvalue weighted by Gasteiger charge is 2.30. The molecule has 20 heavy (non-hydrogen) atoms. The fourth-order valence-corrected chi connectivity index (χ4v) is 1.88. The fourth-order valence-electron chi connectivity index (χ4n) is 1.88. The SMILES string of the molecule is C#CCN(CCC)CCNc1cccc(C(F)(F)F)c1. The molecule has 0 spiro atoms. The summed E-state index contributed by atoms with van der Waals surface area (Å²) >= 11 is 0. The van der Waals surface area contributed by atoms with Gasteiger partial charge in [0.1, 0.15) is 0 Å². The first kappa shape index (κ1) is 16.4.